The van der Waals surface area contributed by atoms with Crippen LogP contribution in [0.3, 0.4) is 0 Å². The van der Waals surface area contributed by atoms with Crippen LogP contribution in [0.4, 0.5) is 0 Å². The Morgan fingerprint density at radius 1 is 0.500 bits per heavy atom. The van der Waals surface area contributed by atoms with E-state index in [1.807, 2.05) is 54.6 Å². The van der Waals surface area contributed by atoms with Gasteiger partial charge in [0.1, 0.15) is 0 Å². The Morgan fingerprint density at radius 3 is 1.92 bits per heavy atom. The van der Waals surface area contributed by atoms with Crippen molar-refractivity contribution in [2.45, 2.75) is 19.3 Å². The molecule has 0 saturated carbocycles. The van der Waals surface area contributed by atoms with Crippen LogP contribution in [-0.2, 0) is 5.41 Å². The number of benzene rings is 5. The number of halogens is 1. The van der Waals surface area contributed by atoms with Crippen molar-refractivity contribution >= 4 is 22.4 Å². The van der Waals surface area contributed by atoms with Crippen LogP contribution in [0.2, 0.25) is 5.02 Å². The molecule has 0 saturated heterocycles. The normalized spacial score (nSPS) is 13.3. The molecule has 5 aromatic carbocycles. The summed E-state index contributed by atoms with van der Waals surface area (Å²) in [5.41, 5.74) is 7.81. The van der Waals surface area contributed by atoms with E-state index in [1.54, 1.807) is 0 Å². The average Bonchev–Trinajstić information content (AvgIpc) is 3.20. The van der Waals surface area contributed by atoms with Gasteiger partial charge in [0.2, 0.25) is 0 Å². The summed E-state index contributed by atoms with van der Waals surface area (Å²) in [6.45, 7) is 4.57. The summed E-state index contributed by atoms with van der Waals surface area (Å²) in [4.78, 5) is 15.2. The van der Waals surface area contributed by atoms with Crippen molar-refractivity contribution in [2.75, 3.05) is 0 Å². The Labute approximate surface area is 226 Å². The quantitative estimate of drug-likeness (QED) is 0.239. The lowest BCUT2D eigenvalue weighted by Gasteiger charge is -2.24. The molecule has 0 amide bonds. The van der Waals surface area contributed by atoms with Crippen molar-refractivity contribution in [3.8, 4) is 45.3 Å². The second-order valence-electron chi connectivity index (χ2n) is 10.2. The van der Waals surface area contributed by atoms with Gasteiger partial charge in [-0.15, -0.1) is 0 Å². The van der Waals surface area contributed by atoms with E-state index in [2.05, 4.69) is 68.4 Å². The molecule has 0 bridgehead atoms. The lowest BCUT2D eigenvalue weighted by molar-refractivity contribution is 0.661. The number of hydrogen-bond acceptors (Lipinski definition) is 3. The standard InChI is InChI=1S/C34H24ClN3/c1-34(2)28-19-7-6-13-23(28)25-16-9-18-27(30(25)34)33-37-31(21-11-4-3-5-12-21)36-32(38-33)26-17-8-15-24-22(26)14-10-20-29(24)35/h3-20H,1-2H3. The minimum Gasteiger partial charge on any atom is -0.208 e. The zero-order valence-electron chi connectivity index (χ0n) is 21.1. The van der Waals surface area contributed by atoms with Crippen molar-refractivity contribution in [3.63, 3.8) is 0 Å². The van der Waals surface area contributed by atoms with Crippen molar-refractivity contribution in [1.29, 1.82) is 0 Å². The van der Waals surface area contributed by atoms with Gasteiger partial charge in [0.25, 0.3) is 0 Å². The zero-order chi connectivity index (χ0) is 25.9. The summed E-state index contributed by atoms with van der Waals surface area (Å²) in [5, 5.41) is 2.71. The summed E-state index contributed by atoms with van der Waals surface area (Å²) in [6.07, 6.45) is 0. The highest BCUT2D eigenvalue weighted by molar-refractivity contribution is 6.35. The molecule has 4 heteroatoms. The summed E-state index contributed by atoms with van der Waals surface area (Å²) in [7, 11) is 0. The van der Waals surface area contributed by atoms with Crippen molar-refractivity contribution < 1.29 is 0 Å². The van der Waals surface area contributed by atoms with Crippen molar-refractivity contribution in [2.24, 2.45) is 0 Å². The monoisotopic (exact) mass is 509 g/mol. The molecule has 6 aromatic rings. The second-order valence-corrected chi connectivity index (χ2v) is 10.6. The molecule has 0 unspecified atom stereocenters. The van der Waals surface area contributed by atoms with E-state index in [4.69, 9.17) is 26.6 Å². The topological polar surface area (TPSA) is 38.7 Å². The summed E-state index contributed by atoms with van der Waals surface area (Å²) >= 11 is 6.56. The van der Waals surface area contributed by atoms with Gasteiger partial charge in [0, 0.05) is 32.5 Å². The van der Waals surface area contributed by atoms with Crippen LogP contribution in [0, 0.1) is 0 Å². The first-order valence-corrected chi connectivity index (χ1v) is 13.1. The lowest BCUT2D eigenvalue weighted by atomic mass is 9.80. The van der Waals surface area contributed by atoms with E-state index in [0.29, 0.717) is 22.5 Å². The Bertz CT molecular complexity index is 1860. The molecule has 7 rings (SSSR count). The van der Waals surface area contributed by atoms with Crippen LogP contribution in [0.5, 0.6) is 0 Å². The van der Waals surface area contributed by atoms with Gasteiger partial charge in [-0.3, -0.25) is 0 Å². The molecular weight excluding hydrogens is 486 g/mol. The Kier molecular flexibility index (Phi) is 5.17. The SMILES string of the molecule is CC1(C)c2ccccc2-c2cccc(-c3nc(-c4ccccc4)nc(-c4cccc5c(Cl)cccc45)n3)c21. The minimum absolute atomic E-state index is 0.185. The van der Waals surface area contributed by atoms with Crippen LogP contribution in [-0.4, -0.2) is 15.0 Å². The van der Waals surface area contributed by atoms with E-state index in [-0.39, 0.29) is 5.41 Å². The van der Waals surface area contributed by atoms with Crippen LogP contribution < -0.4 is 0 Å². The first-order chi connectivity index (χ1) is 18.5. The zero-order valence-corrected chi connectivity index (χ0v) is 21.9. The molecule has 1 heterocycles. The Balaban J connectivity index is 1.52. The number of fused-ring (bicyclic) bond motifs is 4. The third-order valence-corrected chi connectivity index (χ3v) is 7.93. The summed E-state index contributed by atoms with van der Waals surface area (Å²) in [5.74, 6) is 1.95. The molecule has 1 aliphatic rings. The van der Waals surface area contributed by atoms with Crippen LogP contribution >= 0.6 is 11.6 Å². The highest BCUT2D eigenvalue weighted by Crippen LogP contribution is 2.51. The molecule has 182 valence electrons. The molecule has 1 aliphatic carbocycles. The minimum atomic E-state index is -0.185. The predicted octanol–water partition coefficient (Wildman–Crippen LogP) is 8.99. The Morgan fingerprint density at radius 2 is 1.08 bits per heavy atom. The molecule has 0 spiro atoms. The number of nitrogens with zero attached hydrogens (tertiary/aromatic N) is 3. The van der Waals surface area contributed by atoms with Crippen molar-refractivity contribution in [1.82, 2.24) is 15.0 Å². The maximum Gasteiger partial charge on any atom is 0.164 e. The molecular formula is C34H24ClN3. The van der Waals surface area contributed by atoms with Gasteiger partial charge in [0.05, 0.1) is 0 Å². The number of hydrogen-bond donors (Lipinski definition) is 0. The molecule has 0 fully saturated rings. The molecule has 0 atom stereocenters. The molecule has 0 N–H and O–H groups in total. The van der Waals surface area contributed by atoms with Gasteiger partial charge in [-0.25, -0.2) is 15.0 Å². The van der Waals surface area contributed by atoms with Gasteiger partial charge >= 0.3 is 0 Å². The fourth-order valence-electron chi connectivity index (χ4n) is 5.83. The molecule has 0 radical (unpaired) electrons. The van der Waals surface area contributed by atoms with Crippen molar-refractivity contribution in [3.05, 3.63) is 125 Å². The highest BCUT2D eigenvalue weighted by atomic mass is 35.5. The van der Waals surface area contributed by atoms with Gasteiger partial charge in [-0.1, -0.05) is 129 Å². The van der Waals surface area contributed by atoms with E-state index in [9.17, 15) is 0 Å². The first kappa shape index (κ1) is 22.8. The van der Waals surface area contributed by atoms with Gasteiger partial charge in [0.15, 0.2) is 17.5 Å². The fraction of sp³-hybridized carbons (Fsp3) is 0.0882. The van der Waals surface area contributed by atoms with Gasteiger partial charge < -0.3 is 0 Å². The maximum absolute atomic E-state index is 6.56. The molecule has 0 aliphatic heterocycles. The summed E-state index contributed by atoms with van der Waals surface area (Å²) in [6, 6.07) is 37.3. The van der Waals surface area contributed by atoms with E-state index in [1.165, 1.54) is 22.3 Å². The molecule has 38 heavy (non-hydrogen) atoms. The maximum atomic E-state index is 6.56. The smallest absolute Gasteiger partial charge is 0.164 e. The van der Waals surface area contributed by atoms with Gasteiger partial charge in [-0.05, 0) is 33.7 Å². The van der Waals surface area contributed by atoms with Crippen LogP contribution in [0.1, 0.15) is 25.0 Å². The van der Waals surface area contributed by atoms with E-state index >= 15 is 0 Å². The summed E-state index contributed by atoms with van der Waals surface area (Å²) < 4.78 is 0. The largest absolute Gasteiger partial charge is 0.208 e. The number of rotatable bonds is 3. The number of aromatic nitrogens is 3. The molecule has 1 aromatic heterocycles. The second kappa shape index (κ2) is 8.61. The fourth-order valence-corrected chi connectivity index (χ4v) is 6.07. The van der Waals surface area contributed by atoms with Gasteiger partial charge in [-0.2, -0.15) is 0 Å². The third kappa shape index (κ3) is 3.47. The highest BCUT2D eigenvalue weighted by Gasteiger charge is 2.38. The van der Waals surface area contributed by atoms with E-state index < -0.39 is 0 Å². The predicted molar refractivity (Wildman–Crippen MR) is 156 cm³/mol. The lowest BCUT2D eigenvalue weighted by Crippen LogP contribution is -2.17. The Hall–Kier alpha value is -4.34. The van der Waals surface area contributed by atoms with E-state index in [0.717, 1.165) is 27.5 Å². The van der Waals surface area contributed by atoms with Crippen LogP contribution in [0.25, 0.3) is 56.1 Å². The van der Waals surface area contributed by atoms with Crippen LogP contribution in [0.15, 0.2) is 109 Å². The first-order valence-electron chi connectivity index (χ1n) is 12.8. The average molecular weight is 510 g/mol. The molecule has 3 nitrogen and oxygen atoms in total. The third-order valence-electron chi connectivity index (χ3n) is 7.60.